The van der Waals surface area contributed by atoms with Crippen LogP contribution >= 0.6 is 25.1 Å². The van der Waals surface area contributed by atoms with Gasteiger partial charge >= 0.3 is 5.97 Å². The fourth-order valence-corrected chi connectivity index (χ4v) is 5.66. The van der Waals surface area contributed by atoms with Crippen molar-refractivity contribution >= 4 is 47.9 Å². The van der Waals surface area contributed by atoms with Gasteiger partial charge in [-0.2, -0.15) is 13.5 Å². The molecule has 13 heteroatoms. The first kappa shape index (κ1) is 31.0. The number of carboxylic acid groups (broad SMARTS) is 1. The average Bonchev–Trinajstić information content (AvgIpc) is 3.30. The molecule has 43 heavy (non-hydrogen) atoms. The van der Waals surface area contributed by atoms with Crippen molar-refractivity contribution in [3.63, 3.8) is 0 Å². The summed E-state index contributed by atoms with van der Waals surface area (Å²) in [5.41, 5.74) is 1.88. The lowest BCUT2D eigenvalue weighted by molar-refractivity contribution is -0.0592. The normalized spacial score (nSPS) is 17.3. The monoisotopic (exact) mass is 628 g/mol. The first-order chi connectivity index (χ1) is 20.3. The Labute approximate surface area is 260 Å². The summed E-state index contributed by atoms with van der Waals surface area (Å²) in [5.74, 6) is 0.801. The van der Waals surface area contributed by atoms with Gasteiger partial charge in [0, 0.05) is 44.0 Å². The number of benzene rings is 2. The van der Waals surface area contributed by atoms with E-state index in [-0.39, 0.29) is 37.5 Å². The summed E-state index contributed by atoms with van der Waals surface area (Å²) in [5, 5.41) is 9.81. The van der Waals surface area contributed by atoms with E-state index in [1.54, 1.807) is 30.5 Å². The molecule has 10 nitrogen and oxygen atoms in total. The van der Waals surface area contributed by atoms with Crippen LogP contribution in [0.4, 0.5) is 10.2 Å². The molecule has 2 aromatic carbocycles. The average molecular weight is 629 g/mol. The van der Waals surface area contributed by atoms with Gasteiger partial charge in [-0.1, -0.05) is 11.6 Å². The van der Waals surface area contributed by atoms with E-state index >= 15 is 0 Å². The van der Waals surface area contributed by atoms with Crippen LogP contribution in [0.2, 0.25) is 5.02 Å². The van der Waals surface area contributed by atoms with Crippen LogP contribution in [0.1, 0.15) is 41.3 Å². The molecule has 2 aliphatic rings. The number of hydrogen-bond donors (Lipinski definition) is 1. The molecule has 4 heterocycles. The maximum atomic E-state index is 14.1. The first-order valence-electron chi connectivity index (χ1n) is 14.0. The number of aromatic nitrogens is 4. The smallest absolute Gasteiger partial charge is 0.335 e. The molecule has 0 unspecified atom stereocenters. The van der Waals surface area contributed by atoms with Gasteiger partial charge in [-0.15, -0.1) is 0 Å². The molecule has 2 aromatic heterocycles. The fraction of sp³-hybridized carbons (Fsp3) is 0.400. The van der Waals surface area contributed by atoms with Gasteiger partial charge in [0.05, 0.1) is 35.8 Å². The van der Waals surface area contributed by atoms with Gasteiger partial charge in [0.25, 0.3) is 0 Å². The highest BCUT2D eigenvalue weighted by molar-refractivity contribution is 7.59. The second-order valence-corrected chi connectivity index (χ2v) is 11.2. The van der Waals surface area contributed by atoms with Gasteiger partial charge in [0.15, 0.2) is 17.4 Å². The lowest BCUT2D eigenvalue weighted by Gasteiger charge is -2.37. The summed E-state index contributed by atoms with van der Waals surface area (Å²) in [4.78, 5) is 30.0. The Bertz CT molecular complexity index is 1590. The highest BCUT2D eigenvalue weighted by atomic mass is 35.5. The van der Waals surface area contributed by atoms with Crippen LogP contribution in [0, 0.1) is 5.82 Å². The molecule has 2 aliphatic heterocycles. The molecule has 0 aliphatic carbocycles. The molecule has 2 saturated heterocycles. The van der Waals surface area contributed by atoms with E-state index in [2.05, 4.69) is 24.3 Å². The molecule has 0 radical (unpaired) electrons. The molecular formula is C30H34ClFN6O4S. The minimum atomic E-state index is -0.948. The molecule has 2 fully saturated rings. The number of halogens is 2. The summed E-state index contributed by atoms with van der Waals surface area (Å²) >= 11 is 5.82. The van der Waals surface area contributed by atoms with Crippen molar-refractivity contribution < 1.29 is 23.8 Å². The predicted octanol–water partition coefficient (Wildman–Crippen LogP) is 4.90. The van der Waals surface area contributed by atoms with Crippen LogP contribution in [0.15, 0.2) is 48.7 Å². The summed E-state index contributed by atoms with van der Waals surface area (Å²) in [7, 11) is 2.03. The van der Waals surface area contributed by atoms with Crippen LogP contribution in [-0.2, 0) is 24.4 Å². The zero-order valence-electron chi connectivity index (χ0n) is 23.7. The van der Waals surface area contributed by atoms with Crippen LogP contribution in [0.3, 0.4) is 0 Å². The second-order valence-electron chi connectivity index (χ2n) is 10.7. The second kappa shape index (κ2) is 13.5. The Balaban J connectivity index is 0.00000368. The van der Waals surface area contributed by atoms with E-state index in [1.807, 2.05) is 13.1 Å². The lowest BCUT2D eigenvalue weighted by Crippen LogP contribution is -2.44. The standard InChI is InChI=1S/C30H32ClFN6O4.H2S/c1-36(28-6-10-33-27(35-28)18-42-26-5-3-20(31)15-23(26)32)21-7-11-37(12-8-21)17-29-34-24-4-2-19(30(39)40)14-25(24)38(29)16-22-9-13-41-22;/h2-6,10,14-15,21-22H,7-9,11-13,16-18H2,1H3,(H,39,40);1H2/t22-;/m0./s1. The Morgan fingerprint density at radius 1 is 1.16 bits per heavy atom. The first-order valence-corrected chi connectivity index (χ1v) is 14.4. The van der Waals surface area contributed by atoms with Crippen molar-refractivity contribution in [3.05, 3.63) is 76.7 Å². The number of hydrogen-bond acceptors (Lipinski definition) is 8. The molecule has 6 rings (SSSR count). The van der Waals surface area contributed by atoms with Gasteiger partial charge in [0.2, 0.25) is 0 Å². The zero-order chi connectivity index (χ0) is 29.2. The fourth-order valence-electron chi connectivity index (χ4n) is 5.50. The van der Waals surface area contributed by atoms with Crippen molar-refractivity contribution in [1.82, 2.24) is 24.4 Å². The van der Waals surface area contributed by atoms with Crippen LogP contribution < -0.4 is 9.64 Å². The van der Waals surface area contributed by atoms with Crippen molar-refractivity contribution in [1.29, 1.82) is 0 Å². The van der Waals surface area contributed by atoms with E-state index in [0.29, 0.717) is 30.0 Å². The molecule has 0 bridgehead atoms. The van der Waals surface area contributed by atoms with Crippen LogP contribution in [-0.4, -0.2) is 74.4 Å². The zero-order valence-corrected chi connectivity index (χ0v) is 25.5. The number of fused-ring (bicyclic) bond motifs is 1. The summed E-state index contributed by atoms with van der Waals surface area (Å²) < 4.78 is 27.5. The third-order valence-corrected chi connectivity index (χ3v) is 8.26. The summed E-state index contributed by atoms with van der Waals surface area (Å²) in [6.45, 7) is 3.91. The van der Waals surface area contributed by atoms with Gasteiger partial charge in [-0.05, 0) is 61.7 Å². The molecule has 1 atom stereocenters. The Morgan fingerprint density at radius 3 is 2.65 bits per heavy atom. The van der Waals surface area contributed by atoms with Gasteiger partial charge in [-0.3, -0.25) is 4.90 Å². The molecular weight excluding hydrogens is 595 g/mol. The number of likely N-dealkylation sites (tertiary alicyclic amines) is 1. The van der Waals surface area contributed by atoms with E-state index in [1.165, 1.54) is 12.1 Å². The maximum absolute atomic E-state index is 14.1. The van der Waals surface area contributed by atoms with E-state index in [9.17, 15) is 14.3 Å². The Kier molecular flexibility index (Phi) is 9.70. The number of aromatic carboxylic acids is 1. The molecule has 228 valence electrons. The predicted molar refractivity (Wildman–Crippen MR) is 166 cm³/mol. The molecule has 1 N–H and O–H groups in total. The van der Waals surface area contributed by atoms with Gasteiger partial charge < -0.3 is 24.0 Å². The van der Waals surface area contributed by atoms with Gasteiger partial charge in [-0.25, -0.2) is 24.1 Å². The summed E-state index contributed by atoms with van der Waals surface area (Å²) in [6, 6.07) is 11.5. The third-order valence-electron chi connectivity index (χ3n) is 8.03. The largest absolute Gasteiger partial charge is 0.483 e. The summed E-state index contributed by atoms with van der Waals surface area (Å²) in [6.07, 6.45) is 4.69. The van der Waals surface area contributed by atoms with Crippen LogP contribution in [0.5, 0.6) is 5.75 Å². The maximum Gasteiger partial charge on any atom is 0.335 e. The number of anilines is 1. The van der Waals surface area contributed by atoms with E-state index in [4.69, 9.17) is 26.1 Å². The quantitative estimate of drug-likeness (QED) is 0.263. The number of rotatable bonds is 10. The van der Waals surface area contributed by atoms with Gasteiger partial charge in [0.1, 0.15) is 18.2 Å². The molecule has 0 spiro atoms. The topological polar surface area (TPSA) is 106 Å². The molecule has 4 aromatic rings. The van der Waals surface area contributed by atoms with Crippen molar-refractivity contribution in [2.45, 2.75) is 51.1 Å². The minimum Gasteiger partial charge on any atom is -0.483 e. The van der Waals surface area contributed by atoms with Crippen molar-refractivity contribution in [2.75, 3.05) is 31.6 Å². The number of piperidine rings is 1. The SMILES string of the molecule is CN(c1ccnc(COc2ccc(Cl)cc2F)n1)C1CCN(Cc2nc3ccc(C(=O)O)cc3n2C[C@@H]2CCO2)CC1.S. The van der Waals surface area contributed by atoms with Crippen molar-refractivity contribution in [3.8, 4) is 5.75 Å². The third kappa shape index (κ3) is 7.04. The number of carbonyl (C=O) groups is 1. The van der Waals surface area contributed by atoms with E-state index < -0.39 is 11.8 Å². The number of nitrogens with zero attached hydrogens (tertiary/aromatic N) is 6. The number of carboxylic acids is 1. The molecule has 0 saturated carbocycles. The van der Waals surface area contributed by atoms with Crippen LogP contribution in [0.25, 0.3) is 11.0 Å². The number of imidazole rings is 1. The Morgan fingerprint density at radius 2 is 1.95 bits per heavy atom. The highest BCUT2D eigenvalue weighted by Gasteiger charge is 2.27. The van der Waals surface area contributed by atoms with E-state index in [0.717, 1.165) is 61.6 Å². The number of ether oxygens (including phenoxy) is 2. The van der Waals surface area contributed by atoms with Crippen molar-refractivity contribution in [2.24, 2.45) is 0 Å². The molecule has 0 amide bonds. The highest BCUT2D eigenvalue weighted by Crippen LogP contribution is 2.26. The minimum absolute atomic E-state index is 0. The Hall–Kier alpha value is -3.45. The lowest BCUT2D eigenvalue weighted by atomic mass is 10.0.